The number of benzene rings is 1. The van der Waals surface area contributed by atoms with E-state index in [9.17, 15) is 8.42 Å². The molecule has 1 aromatic rings. The van der Waals surface area contributed by atoms with Crippen molar-refractivity contribution in [1.82, 2.24) is 4.90 Å². The summed E-state index contributed by atoms with van der Waals surface area (Å²) in [5, 5.41) is 0.766. The van der Waals surface area contributed by atoms with Crippen molar-refractivity contribution in [2.75, 3.05) is 36.6 Å². The van der Waals surface area contributed by atoms with Gasteiger partial charge in [-0.25, -0.2) is 8.42 Å². The number of nitrogens with zero attached hydrogens (tertiary/aromatic N) is 1. The van der Waals surface area contributed by atoms with Gasteiger partial charge in [0.25, 0.3) is 0 Å². The highest BCUT2D eigenvalue weighted by molar-refractivity contribution is 7.99. The zero-order valence-corrected chi connectivity index (χ0v) is 14.7. The highest BCUT2D eigenvalue weighted by Gasteiger charge is 2.23. The van der Waals surface area contributed by atoms with Crippen molar-refractivity contribution in [3.8, 4) is 0 Å². The van der Waals surface area contributed by atoms with Gasteiger partial charge in [0.2, 0.25) is 0 Å². The van der Waals surface area contributed by atoms with Crippen LogP contribution >= 0.6 is 23.4 Å². The summed E-state index contributed by atoms with van der Waals surface area (Å²) in [7, 11) is -2.83. The van der Waals surface area contributed by atoms with Crippen molar-refractivity contribution in [2.24, 2.45) is 0 Å². The Labute approximate surface area is 137 Å². The van der Waals surface area contributed by atoms with Crippen molar-refractivity contribution in [2.45, 2.75) is 18.9 Å². The molecule has 3 nitrogen and oxygen atoms in total. The minimum absolute atomic E-state index is 0.293. The van der Waals surface area contributed by atoms with Gasteiger partial charge in [0.1, 0.15) is 9.84 Å². The molecule has 0 saturated carbocycles. The Hall–Kier alpha value is -0.230. The summed E-state index contributed by atoms with van der Waals surface area (Å²) in [6.45, 7) is 2.03. The normalized spacial score (nSPS) is 20.6. The lowest BCUT2D eigenvalue weighted by Gasteiger charge is -2.35. The monoisotopic (exact) mass is 347 g/mol. The van der Waals surface area contributed by atoms with E-state index in [4.69, 9.17) is 11.6 Å². The van der Waals surface area contributed by atoms with Crippen molar-refractivity contribution >= 4 is 33.2 Å². The number of unbranched alkanes of at least 4 members (excludes halogenated alkanes) is 1. The summed E-state index contributed by atoms with van der Waals surface area (Å²) in [4.78, 5) is 2.47. The van der Waals surface area contributed by atoms with Gasteiger partial charge in [0, 0.05) is 41.1 Å². The third kappa shape index (κ3) is 5.81. The van der Waals surface area contributed by atoms with Crippen LogP contribution in [0.1, 0.15) is 24.4 Å². The van der Waals surface area contributed by atoms with Gasteiger partial charge >= 0.3 is 0 Å². The van der Waals surface area contributed by atoms with E-state index in [0.717, 1.165) is 42.5 Å². The lowest BCUT2D eigenvalue weighted by Crippen LogP contribution is -2.37. The summed E-state index contributed by atoms with van der Waals surface area (Å²) < 4.78 is 22.3. The van der Waals surface area contributed by atoms with Crippen LogP contribution in [0.2, 0.25) is 5.02 Å². The van der Waals surface area contributed by atoms with Gasteiger partial charge in [-0.3, -0.25) is 4.90 Å². The van der Waals surface area contributed by atoms with Crippen LogP contribution in [0.4, 0.5) is 0 Å². The van der Waals surface area contributed by atoms with Crippen LogP contribution < -0.4 is 0 Å². The van der Waals surface area contributed by atoms with Gasteiger partial charge in [-0.15, -0.1) is 0 Å². The number of halogens is 1. The first-order chi connectivity index (χ1) is 9.96. The molecule has 1 fully saturated rings. The Morgan fingerprint density at radius 2 is 2.00 bits per heavy atom. The van der Waals surface area contributed by atoms with Gasteiger partial charge in [-0.2, -0.15) is 11.8 Å². The quantitative estimate of drug-likeness (QED) is 0.740. The second-order valence-electron chi connectivity index (χ2n) is 5.52. The molecule has 1 heterocycles. The Kier molecular flexibility index (Phi) is 6.41. The number of rotatable bonds is 6. The first-order valence-electron chi connectivity index (χ1n) is 7.21. The summed E-state index contributed by atoms with van der Waals surface area (Å²) in [6.07, 6.45) is 2.98. The van der Waals surface area contributed by atoms with Crippen molar-refractivity contribution in [3.63, 3.8) is 0 Å². The molecule has 0 bridgehead atoms. The second-order valence-corrected chi connectivity index (χ2v) is 9.36. The predicted octanol–water partition coefficient (Wildman–Crippen LogP) is 3.25. The largest absolute Gasteiger partial charge is 0.295 e. The highest BCUT2D eigenvalue weighted by Crippen LogP contribution is 2.30. The molecule has 1 aliphatic heterocycles. The molecule has 21 heavy (non-hydrogen) atoms. The van der Waals surface area contributed by atoms with Crippen LogP contribution in [0.5, 0.6) is 0 Å². The molecule has 0 aliphatic carbocycles. The van der Waals surface area contributed by atoms with E-state index in [1.165, 1.54) is 11.8 Å². The lowest BCUT2D eigenvalue weighted by molar-refractivity contribution is 0.218. The number of hydrogen-bond acceptors (Lipinski definition) is 4. The van der Waals surface area contributed by atoms with E-state index in [-0.39, 0.29) is 0 Å². The summed E-state index contributed by atoms with van der Waals surface area (Å²) in [5.41, 5.74) is 1.30. The molecule has 0 unspecified atom stereocenters. The zero-order chi connectivity index (χ0) is 15.3. The van der Waals surface area contributed by atoms with E-state index >= 15 is 0 Å². The fourth-order valence-electron chi connectivity index (χ4n) is 2.58. The Balaban J connectivity index is 1.91. The molecule has 1 saturated heterocycles. The Morgan fingerprint density at radius 1 is 1.29 bits per heavy atom. The van der Waals surface area contributed by atoms with E-state index in [0.29, 0.717) is 11.8 Å². The summed E-state index contributed by atoms with van der Waals surface area (Å²) >= 11 is 7.94. The summed E-state index contributed by atoms with van der Waals surface area (Å²) in [5.74, 6) is 2.53. The smallest absolute Gasteiger partial charge is 0.147 e. The zero-order valence-electron chi connectivity index (χ0n) is 12.3. The minimum Gasteiger partial charge on any atom is -0.295 e. The predicted molar refractivity (Wildman–Crippen MR) is 92.0 cm³/mol. The van der Waals surface area contributed by atoms with E-state index in [1.807, 2.05) is 23.9 Å². The Bertz CT molecular complexity index is 545. The SMILES string of the molecule is CS(=O)(=O)CCCCN1CCSC[C@H]1c1ccc(Cl)cc1. The molecule has 1 aromatic carbocycles. The topological polar surface area (TPSA) is 37.4 Å². The molecule has 6 heteroatoms. The molecule has 0 radical (unpaired) electrons. The standard InChI is InChI=1S/C15H22ClNO2S2/c1-21(18,19)11-3-2-8-17-9-10-20-12-15(17)13-4-6-14(16)7-5-13/h4-7,15H,2-3,8-12H2,1H3/t15-/m0/s1. The van der Waals surface area contributed by atoms with E-state index in [2.05, 4.69) is 17.0 Å². The maximum atomic E-state index is 11.2. The van der Waals surface area contributed by atoms with Crippen LogP contribution in [-0.2, 0) is 9.84 Å². The van der Waals surface area contributed by atoms with Gasteiger partial charge in [0.15, 0.2) is 0 Å². The number of hydrogen-bond donors (Lipinski definition) is 0. The molecule has 0 aromatic heterocycles. The third-order valence-electron chi connectivity index (χ3n) is 3.70. The third-order valence-corrected chi connectivity index (χ3v) is 6.01. The van der Waals surface area contributed by atoms with Crippen LogP contribution in [0.3, 0.4) is 0 Å². The molecule has 0 spiro atoms. The van der Waals surface area contributed by atoms with E-state index < -0.39 is 9.84 Å². The van der Waals surface area contributed by atoms with Crippen molar-refractivity contribution < 1.29 is 8.42 Å². The molecule has 118 valence electrons. The van der Waals surface area contributed by atoms with Crippen LogP contribution in [0.25, 0.3) is 0 Å². The Morgan fingerprint density at radius 3 is 2.67 bits per heavy atom. The maximum absolute atomic E-state index is 11.2. The molecule has 0 N–H and O–H groups in total. The summed E-state index contributed by atoms with van der Waals surface area (Å²) in [6, 6.07) is 8.50. The molecular formula is C15H22ClNO2S2. The van der Waals surface area contributed by atoms with Gasteiger partial charge in [-0.1, -0.05) is 23.7 Å². The lowest BCUT2D eigenvalue weighted by atomic mass is 10.1. The molecule has 1 atom stereocenters. The first kappa shape index (κ1) is 17.1. The van der Waals surface area contributed by atoms with Crippen LogP contribution in [0.15, 0.2) is 24.3 Å². The van der Waals surface area contributed by atoms with Crippen molar-refractivity contribution in [3.05, 3.63) is 34.9 Å². The average molecular weight is 348 g/mol. The molecule has 2 rings (SSSR count). The molecular weight excluding hydrogens is 326 g/mol. The highest BCUT2D eigenvalue weighted by atomic mass is 35.5. The minimum atomic E-state index is -2.83. The number of sulfone groups is 1. The van der Waals surface area contributed by atoms with Gasteiger partial charge < -0.3 is 0 Å². The fourth-order valence-corrected chi connectivity index (χ4v) is 4.59. The van der Waals surface area contributed by atoms with Crippen LogP contribution in [-0.4, -0.2) is 49.9 Å². The van der Waals surface area contributed by atoms with Crippen molar-refractivity contribution in [1.29, 1.82) is 0 Å². The van der Waals surface area contributed by atoms with Gasteiger partial charge in [-0.05, 0) is 37.1 Å². The van der Waals surface area contributed by atoms with Gasteiger partial charge in [0.05, 0.1) is 0 Å². The van der Waals surface area contributed by atoms with Crippen LogP contribution in [0, 0.1) is 0 Å². The molecule has 1 aliphatic rings. The maximum Gasteiger partial charge on any atom is 0.147 e. The number of thioether (sulfide) groups is 1. The first-order valence-corrected chi connectivity index (χ1v) is 10.8. The fraction of sp³-hybridized carbons (Fsp3) is 0.600. The second kappa shape index (κ2) is 7.86. The molecule has 0 amide bonds. The average Bonchev–Trinajstić information content (AvgIpc) is 2.44. The van der Waals surface area contributed by atoms with E-state index in [1.54, 1.807) is 0 Å².